The molecule has 1 aliphatic heterocycles. The first-order valence-electron chi connectivity index (χ1n) is 8.49. The van der Waals surface area contributed by atoms with Crippen LogP contribution in [0.4, 0.5) is 5.82 Å². The van der Waals surface area contributed by atoms with E-state index in [0.29, 0.717) is 0 Å². The van der Waals surface area contributed by atoms with E-state index in [0.717, 1.165) is 17.7 Å². The summed E-state index contributed by atoms with van der Waals surface area (Å²) in [4.78, 5) is 43.2. The van der Waals surface area contributed by atoms with Crippen LogP contribution in [0.25, 0.3) is 0 Å². The van der Waals surface area contributed by atoms with Crippen molar-refractivity contribution in [3.05, 3.63) is 30.5 Å². The van der Waals surface area contributed by atoms with Crippen LogP contribution in [0.1, 0.15) is 19.8 Å². The van der Waals surface area contributed by atoms with E-state index in [-0.39, 0.29) is 47.1 Å². The minimum absolute atomic E-state index is 0.0117. The topological polar surface area (TPSA) is 99.6 Å². The molecular formula is C18H19N3O4. The van der Waals surface area contributed by atoms with Crippen molar-refractivity contribution in [2.24, 2.45) is 23.7 Å². The molecule has 1 aromatic heterocycles. The summed E-state index contributed by atoms with van der Waals surface area (Å²) in [5, 5.41) is 12.2. The molecule has 2 N–H and O–H groups in total. The molecule has 3 amide bonds. The summed E-state index contributed by atoms with van der Waals surface area (Å²) in [6.45, 7) is 1.53. The molecule has 2 fully saturated rings. The van der Waals surface area contributed by atoms with Gasteiger partial charge in [0.1, 0.15) is 6.04 Å². The van der Waals surface area contributed by atoms with Gasteiger partial charge in [-0.1, -0.05) is 12.2 Å². The molecule has 0 unspecified atom stereocenters. The number of hydrogen-bond donors (Lipinski definition) is 2. The molecule has 1 saturated carbocycles. The monoisotopic (exact) mass is 341 g/mol. The minimum atomic E-state index is -0.952. The first kappa shape index (κ1) is 15.8. The second-order valence-electron chi connectivity index (χ2n) is 6.92. The van der Waals surface area contributed by atoms with Gasteiger partial charge < -0.3 is 10.4 Å². The second kappa shape index (κ2) is 5.68. The average Bonchev–Trinajstić information content (AvgIpc) is 2.90. The van der Waals surface area contributed by atoms with Crippen LogP contribution in [0.5, 0.6) is 5.75 Å². The Morgan fingerprint density at radius 1 is 1.24 bits per heavy atom. The highest BCUT2D eigenvalue weighted by Crippen LogP contribution is 2.49. The number of nitrogens with zero attached hydrogens (tertiary/aromatic N) is 2. The number of aromatic nitrogens is 1. The van der Waals surface area contributed by atoms with Crippen LogP contribution in [0.3, 0.4) is 0 Å². The van der Waals surface area contributed by atoms with Gasteiger partial charge in [0.05, 0.1) is 11.8 Å². The highest BCUT2D eigenvalue weighted by Gasteiger charge is 2.58. The van der Waals surface area contributed by atoms with Gasteiger partial charge in [-0.3, -0.25) is 19.3 Å². The third-order valence-electron chi connectivity index (χ3n) is 5.59. The number of allylic oxidation sites excluding steroid dienone is 2. The Kier molecular flexibility index (Phi) is 3.59. The lowest BCUT2D eigenvalue weighted by atomic mass is 9.63. The van der Waals surface area contributed by atoms with Crippen molar-refractivity contribution in [2.75, 3.05) is 5.32 Å². The van der Waals surface area contributed by atoms with Crippen molar-refractivity contribution in [2.45, 2.75) is 25.8 Å². The van der Waals surface area contributed by atoms with E-state index in [2.05, 4.69) is 10.3 Å². The SMILES string of the molecule is C[C@@H](C(=O)Nc1ncccc1O)N1C(=O)[C@@H]2[C@H](C1=O)[C@H]1C=C[C@H]2CC1. The number of fused-ring (bicyclic) bond motifs is 1. The van der Waals surface area contributed by atoms with Crippen molar-refractivity contribution in [1.82, 2.24) is 9.88 Å². The van der Waals surface area contributed by atoms with E-state index in [1.165, 1.54) is 25.3 Å². The third-order valence-corrected chi connectivity index (χ3v) is 5.59. The first-order valence-corrected chi connectivity index (χ1v) is 8.49. The first-order chi connectivity index (χ1) is 12.0. The highest BCUT2D eigenvalue weighted by molar-refractivity contribution is 6.10. The van der Waals surface area contributed by atoms with E-state index in [9.17, 15) is 19.5 Å². The zero-order valence-electron chi connectivity index (χ0n) is 13.8. The van der Waals surface area contributed by atoms with Gasteiger partial charge in [-0.05, 0) is 43.7 Å². The number of carbonyl (C=O) groups excluding carboxylic acids is 3. The number of likely N-dealkylation sites (tertiary alicyclic amines) is 1. The normalized spacial score (nSPS) is 31.2. The van der Waals surface area contributed by atoms with Gasteiger partial charge >= 0.3 is 0 Å². The smallest absolute Gasteiger partial charge is 0.248 e. The fourth-order valence-electron chi connectivity index (χ4n) is 4.31. The Morgan fingerprint density at radius 3 is 2.36 bits per heavy atom. The van der Waals surface area contributed by atoms with Crippen LogP contribution in [0.2, 0.25) is 0 Å². The predicted octanol–water partition coefficient (Wildman–Crippen LogP) is 1.31. The molecule has 1 aromatic rings. The Hall–Kier alpha value is -2.70. The van der Waals surface area contributed by atoms with Crippen LogP contribution in [-0.2, 0) is 14.4 Å². The molecule has 7 nitrogen and oxygen atoms in total. The quantitative estimate of drug-likeness (QED) is 0.638. The third kappa shape index (κ3) is 2.33. The summed E-state index contributed by atoms with van der Waals surface area (Å²) >= 11 is 0. The largest absolute Gasteiger partial charge is 0.504 e. The van der Waals surface area contributed by atoms with Crippen molar-refractivity contribution >= 4 is 23.5 Å². The van der Waals surface area contributed by atoms with Gasteiger partial charge in [0.25, 0.3) is 0 Å². The number of nitrogens with one attached hydrogen (secondary N) is 1. The maximum atomic E-state index is 12.8. The van der Waals surface area contributed by atoms with E-state index in [1.807, 2.05) is 12.2 Å². The minimum Gasteiger partial charge on any atom is -0.504 e. The summed E-state index contributed by atoms with van der Waals surface area (Å²) in [5.74, 6) is -1.73. The number of hydrogen-bond acceptors (Lipinski definition) is 5. The molecule has 130 valence electrons. The molecule has 5 rings (SSSR count). The van der Waals surface area contributed by atoms with E-state index < -0.39 is 11.9 Å². The van der Waals surface area contributed by atoms with Crippen molar-refractivity contribution in [1.29, 1.82) is 0 Å². The van der Waals surface area contributed by atoms with Crippen LogP contribution in [0, 0.1) is 23.7 Å². The van der Waals surface area contributed by atoms with Gasteiger partial charge in [-0.2, -0.15) is 0 Å². The Balaban J connectivity index is 1.55. The lowest BCUT2D eigenvalue weighted by Gasteiger charge is -2.38. The predicted molar refractivity (Wildman–Crippen MR) is 88.2 cm³/mol. The molecule has 5 atom stereocenters. The molecule has 2 bridgehead atoms. The summed E-state index contributed by atoms with van der Waals surface area (Å²) in [6, 6.07) is 1.98. The lowest BCUT2D eigenvalue weighted by Crippen LogP contribution is -2.46. The zero-order chi connectivity index (χ0) is 17.7. The standard InChI is InChI=1S/C18H19N3O4/c1-9(16(23)20-15-12(22)3-2-8-19-15)21-17(24)13-10-4-5-11(7-6-10)14(13)18(21)25/h2-5,8-11,13-14,22H,6-7H2,1H3,(H,19,20,23)/t9-,10-,11-,13-,14+/m0/s1. The number of pyridine rings is 1. The Bertz CT molecular complexity index is 758. The van der Waals surface area contributed by atoms with Gasteiger partial charge in [-0.15, -0.1) is 0 Å². The molecule has 0 aromatic carbocycles. The molecule has 0 radical (unpaired) electrons. The Morgan fingerprint density at radius 2 is 1.84 bits per heavy atom. The average molecular weight is 341 g/mol. The number of carbonyl (C=O) groups is 3. The number of amides is 3. The van der Waals surface area contributed by atoms with Gasteiger partial charge in [0, 0.05) is 6.20 Å². The molecule has 1 saturated heterocycles. The number of aromatic hydroxyl groups is 1. The summed E-state index contributed by atoms with van der Waals surface area (Å²) in [5.41, 5.74) is 0. The molecule has 3 aliphatic carbocycles. The van der Waals surface area contributed by atoms with Crippen LogP contribution >= 0.6 is 0 Å². The van der Waals surface area contributed by atoms with E-state index >= 15 is 0 Å². The van der Waals surface area contributed by atoms with Crippen molar-refractivity contribution in [3.8, 4) is 5.75 Å². The van der Waals surface area contributed by atoms with Crippen molar-refractivity contribution in [3.63, 3.8) is 0 Å². The van der Waals surface area contributed by atoms with Gasteiger partial charge in [0.15, 0.2) is 11.6 Å². The fourth-order valence-corrected chi connectivity index (χ4v) is 4.31. The second-order valence-corrected chi connectivity index (χ2v) is 6.92. The number of anilines is 1. The van der Waals surface area contributed by atoms with Crippen LogP contribution in [-0.4, -0.2) is 38.8 Å². The summed E-state index contributed by atoms with van der Waals surface area (Å²) in [6.07, 6.45) is 7.35. The van der Waals surface area contributed by atoms with Gasteiger partial charge in [0.2, 0.25) is 17.7 Å². The maximum absolute atomic E-state index is 12.8. The zero-order valence-corrected chi connectivity index (χ0v) is 13.8. The van der Waals surface area contributed by atoms with Crippen LogP contribution in [0.15, 0.2) is 30.5 Å². The van der Waals surface area contributed by atoms with E-state index in [4.69, 9.17) is 0 Å². The molecule has 25 heavy (non-hydrogen) atoms. The van der Waals surface area contributed by atoms with Gasteiger partial charge in [-0.25, -0.2) is 4.98 Å². The summed E-state index contributed by atoms with van der Waals surface area (Å²) < 4.78 is 0. The molecule has 7 heteroatoms. The Labute approximate surface area is 144 Å². The molecule has 2 heterocycles. The number of imide groups is 1. The lowest BCUT2D eigenvalue weighted by molar-refractivity contribution is -0.146. The molecular weight excluding hydrogens is 322 g/mol. The fraction of sp³-hybridized carbons (Fsp3) is 0.444. The number of rotatable bonds is 3. The maximum Gasteiger partial charge on any atom is 0.248 e. The highest BCUT2D eigenvalue weighted by atomic mass is 16.3. The molecule has 0 spiro atoms. The van der Waals surface area contributed by atoms with Crippen LogP contribution < -0.4 is 5.32 Å². The molecule has 4 aliphatic rings. The van der Waals surface area contributed by atoms with E-state index in [1.54, 1.807) is 0 Å². The summed E-state index contributed by atoms with van der Waals surface area (Å²) in [7, 11) is 0. The van der Waals surface area contributed by atoms with Crippen molar-refractivity contribution < 1.29 is 19.5 Å².